The van der Waals surface area contributed by atoms with Crippen LogP contribution in [0.1, 0.15) is 17.3 Å². The molecule has 0 saturated carbocycles. The number of carbonyl (C=O) groups is 3. The highest BCUT2D eigenvalue weighted by atomic mass is 19.4. The predicted octanol–water partition coefficient (Wildman–Crippen LogP) is 0.991. The molecular formula is C13H9F5NO4-. The van der Waals surface area contributed by atoms with Crippen LogP contribution in [0, 0.1) is 0 Å². The lowest BCUT2D eigenvalue weighted by atomic mass is 10.1. The third kappa shape index (κ3) is 3.63. The van der Waals surface area contributed by atoms with Crippen molar-refractivity contribution in [2.45, 2.75) is 25.1 Å². The summed E-state index contributed by atoms with van der Waals surface area (Å²) < 4.78 is 63.3. The molecule has 0 aliphatic heterocycles. The van der Waals surface area contributed by atoms with Crippen LogP contribution in [-0.2, 0) is 9.59 Å². The molecule has 10 heteroatoms. The molecule has 0 heterocycles. The maximum absolute atomic E-state index is 13.2. The van der Waals surface area contributed by atoms with E-state index in [1.54, 1.807) is 0 Å². The molecule has 23 heavy (non-hydrogen) atoms. The first-order valence-corrected chi connectivity index (χ1v) is 5.99. The summed E-state index contributed by atoms with van der Waals surface area (Å²) in [5, 5.41) is 10.8. The molecule has 126 valence electrons. The van der Waals surface area contributed by atoms with E-state index in [9.17, 15) is 41.4 Å². The Kier molecular flexibility index (Phi) is 5.08. The van der Waals surface area contributed by atoms with Crippen LogP contribution in [-0.4, -0.2) is 40.8 Å². The lowest BCUT2D eigenvalue weighted by Crippen LogP contribution is -2.59. The fourth-order valence-corrected chi connectivity index (χ4v) is 1.54. The number of carbonyl (C=O) groups excluding carboxylic acids is 3. The fourth-order valence-electron chi connectivity index (χ4n) is 1.54. The van der Waals surface area contributed by atoms with Gasteiger partial charge in [-0.05, 0) is 19.1 Å². The van der Waals surface area contributed by atoms with Crippen molar-refractivity contribution < 1.29 is 41.4 Å². The normalized spacial score (nSPS) is 13.3. The Morgan fingerprint density at radius 3 is 1.91 bits per heavy atom. The summed E-state index contributed by atoms with van der Waals surface area (Å²) >= 11 is 0. The van der Waals surface area contributed by atoms with Crippen molar-refractivity contribution in [3.05, 3.63) is 35.9 Å². The zero-order valence-electron chi connectivity index (χ0n) is 11.4. The zero-order valence-corrected chi connectivity index (χ0v) is 11.4. The van der Waals surface area contributed by atoms with E-state index in [2.05, 4.69) is 0 Å². The van der Waals surface area contributed by atoms with Gasteiger partial charge in [0.25, 0.3) is 5.91 Å². The molecule has 0 saturated heterocycles. The van der Waals surface area contributed by atoms with E-state index >= 15 is 0 Å². The Bertz CT molecular complexity index is 615. The second-order valence-corrected chi connectivity index (χ2v) is 4.41. The lowest BCUT2D eigenvalue weighted by molar-refractivity contribution is -0.311. The van der Waals surface area contributed by atoms with E-state index < -0.39 is 46.4 Å². The van der Waals surface area contributed by atoms with E-state index in [0.29, 0.717) is 6.92 Å². The van der Waals surface area contributed by atoms with Crippen LogP contribution < -0.4 is 5.11 Å². The highest BCUT2D eigenvalue weighted by Gasteiger charge is 2.65. The molecule has 5 nitrogen and oxygen atoms in total. The van der Waals surface area contributed by atoms with Gasteiger partial charge in [0.2, 0.25) is 0 Å². The maximum Gasteiger partial charge on any atom is 0.463 e. The Labute approximate surface area is 126 Å². The summed E-state index contributed by atoms with van der Waals surface area (Å²) in [6, 6.07) is 3.63. The van der Waals surface area contributed by atoms with Gasteiger partial charge in [0.05, 0.1) is 12.0 Å². The SMILES string of the molecule is CC(C(=O)[O-])N(C(=O)c1ccccc1)C(=O)C(F)(F)C(F)(F)F. The van der Waals surface area contributed by atoms with Gasteiger partial charge in [0.15, 0.2) is 0 Å². The molecule has 1 rings (SSSR count). The molecule has 1 unspecified atom stereocenters. The number of hydrogen-bond donors (Lipinski definition) is 0. The number of halogens is 5. The van der Waals surface area contributed by atoms with Crippen LogP contribution in [0.25, 0.3) is 0 Å². The third-order valence-corrected chi connectivity index (χ3v) is 2.81. The van der Waals surface area contributed by atoms with Gasteiger partial charge in [-0.15, -0.1) is 0 Å². The van der Waals surface area contributed by atoms with Crippen molar-refractivity contribution in [1.82, 2.24) is 4.90 Å². The molecule has 1 aromatic carbocycles. The van der Waals surface area contributed by atoms with Crippen LogP contribution in [0.4, 0.5) is 22.0 Å². The van der Waals surface area contributed by atoms with Crippen LogP contribution in [0.2, 0.25) is 0 Å². The van der Waals surface area contributed by atoms with Crippen molar-refractivity contribution in [3.8, 4) is 0 Å². The summed E-state index contributed by atoms with van der Waals surface area (Å²) in [5.41, 5.74) is -0.438. The summed E-state index contributed by atoms with van der Waals surface area (Å²) in [7, 11) is 0. The Balaban J connectivity index is 3.35. The molecule has 0 N–H and O–H groups in total. The first kappa shape index (κ1) is 18.5. The second kappa shape index (κ2) is 6.31. The van der Waals surface area contributed by atoms with Crippen LogP contribution in [0.15, 0.2) is 30.3 Å². The third-order valence-electron chi connectivity index (χ3n) is 2.81. The topological polar surface area (TPSA) is 77.5 Å². The number of imide groups is 1. The monoisotopic (exact) mass is 338 g/mol. The van der Waals surface area contributed by atoms with E-state index in [-0.39, 0.29) is 0 Å². The quantitative estimate of drug-likeness (QED) is 0.767. The lowest BCUT2D eigenvalue weighted by Gasteiger charge is -2.31. The molecule has 0 aliphatic rings. The molecule has 2 amide bonds. The van der Waals surface area contributed by atoms with Gasteiger partial charge in [-0.2, -0.15) is 22.0 Å². The number of nitrogens with zero attached hydrogens (tertiary/aromatic N) is 1. The first-order valence-electron chi connectivity index (χ1n) is 5.99. The number of aliphatic carboxylic acids is 1. The maximum atomic E-state index is 13.2. The minimum atomic E-state index is -6.29. The van der Waals surface area contributed by atoms with Crippen molar-refractivity contribution in [3.63, 3.8) is 0 Å². The number of alkyl halides is 5. The highest BCUT2D eigenvalue weighted by Crippen LogP contribution is 2.37. The molecule has 0 fully saturated rings. The highest BCUT2D eigenvalue weighted by molar-refractivity contribution is 6.08. The summed E-state index contributed by atoms with van der Waals surface area (Å²) in [6.07, 6.45) is -6.29. The van der Waals surface area contributed by atoms with Crippen LogP contribution in [0.5, 0.6) is 0 Å². The molecule has 0 bridgehead atoms. The van der Waals surface area contributed by atoms with Gasteiger partial charge in [0, 0.05) is 5.56 Å². The smallest absolute Gasteiger partial charge is 0.463 e. The average Bonchev–Trinajstić information content (AvgIpc) is 2.46. The number of benzene rings is 1. The summed E-state index contributed by atoms with van der Waals surface area (Å²) in [5.74, 6) is -12.7. The largest absolute Gasteiger partial charge is 0.548 e. The fraction of sp³-hybridized carbons (Fsp3) is 0.308. The van der Waals surface area contributed by atoms with Crippen molar-refractivity contribution in [2.75, 3.05) is 0 Å². The zero-order chi connectivity index (χ0) is 18.0. The summed E-state index contributed by atoms with van der Waals surface area (Å²) in [6.45, 7) is 0.584. The number of carboxylic acids is 1. The minimum Gasteiger partial charge on any atom is -0.548 e. The number of carboxylic acid groups (broad SMARTS) is 1. The van der Waals surface area contributed by atoms with Gasteiger partial charge in [0.1, 0.15) is 0 Å². The van der Waals surface area contributed by atoms with Crippen molar-refractivity contribution >= 4 is 17.8 Å². The van der Waals surface area contributed by atoms with Gasteiger partial charge >= 0.3 is 18.0 Å². The number of amides is 2. The van der Waals surface area contributed by atoms with E-state index in [0.717, 1.165) is 12.1 Å². The van der Waals surface area contributed by atoms with Crippen molar-refractivity contribution in [2.24, 2.45) is 0 Å². The Hall–Kier alpha value is -2.52. The average molecular weight is 338 g/mol. The van der Waals surface area contributed by atoms with Gasteiger partial charge in [-0.1, -0.05) is 18.2 Å². The first-order chi connectivity index (χ1) is 10.4. The van der Waals surface area contributed by atoms with E-state index in [1.165, 1.54) is 18.2 Å². The molecule has 0 aliphatic carbocycles. The molecule has 0 radical (unpaired) electrons. The van der Waals surface area contributed by atoms with E-state index in [4.69, 9.17) is 0 Å². The Morgan fingerprint density at radius 1 is 1.04 bits per heavy atom. The number of rotatable bonds is 4. The second-order valence-electron chi connectivity index (χ2n) is 4.41. The number of hydrogen-bond acceptors (Lipinski definition) is 4. The van der Waals surface area contributed by atoms with Gasteiger partial charge < -0.3 is 9.90 Å². The molecule has 1 atom stereocenters. The molecular weight excluding hydrogens is 329 g/mol. The van der Waals surface area contributed by atoms with Crippen molar-refractivity contribution in [1.29, 1.82) is 0 Å². The molecule has 0 aromatic heterocycles. The van der Waals surface area contributed by atoms with Crippen LogP contribution in [0.3, 0.4) is 0 Å². The standard InChI is InChI=1S/C13H10F5NO4/c1-7(10(21)22)19(9(20)8-5-3-2-4-6-8)11(23)12(14,15)13(16,17)18/h2-7H,1H3,(H,21,22)/p-1. The van der Waals surface area contributed by atoms with Gasteiger partial charge in [-0.3, -0.25) is 14.5 Å². The van der Waals surface area contributed by atoms with Gasteiger partial charge in [-0.25, -0.2) is 0 Å². The van der Waals surface area contributed by atoms with E-state index in [1.807, 2.05) is 0 Å². The predicted molar refractivity (Wildman–Crippen MR) is 63.1 cm³/mol. The summed E-state index contributed by atoms with van der Waals surface area (Å²) in [4.78, 5) is 33.6. The molecule has 0 spiro atoms. The minimum absolute atomic E-state index is 0.438. The van der Waals surface area contributed by atoms with Crippen LogP contribution >= 0.6 is 0 Å². The Morgan fingerprint density at radius 2 is 1.52 bits per heavy atom. The molecule has 1 aromatic rings.